The predicted octanol–water partition coefficient (Wildman–Crippen LogP) is 4.76. The average Bonchev–Trinajstić information content (AvgIpc) is 3.40. The molecule has 1 saturated carbocycles. The van der Waals surface area contributed by atoms with Gasteiger partial charge >= 0.3 is 0 Å². The highest BCUT2D eigenvalue weighted by Gasteiger charge is 2.35. The van der Waals surface area contributed by atoms with Gasteiger partial charge in [0, 0.05) is 51.0 Å². The van der Waals surface area contributed by atoms with Crippen LogP contribution in [0.25, 0.3) is 0 Å². The fourth-order valence-corrected chi connectivity index (χ4v) is 6.98. The van der Waals surface area contributed by atoms with Crippen molar-refractivity contribution in [1.29, 1.82) is 0 Å². The number of carbonyl (C=O) groups is 1. The number of aromatic nitrogens is 2. The molecule has 1 aliphatic heterocycles. The van der Waals surface area contributed by atoms with Gasteiger partial charge in [0.1, 0.15) is 11.5 Å². The first kappa shape index (κ1) is 27.4. The summed E-state index contributed by atoms with van der Waals surface area (Å²) in [5.41, 5.74) is 3.90. The van der Waals surface area contributed by atoms with Crippen LogP contribution >= 0.6 is 0 Å². The molecule has 3 N–H and O–H groups in total. The number of pyridine rings is 1. The van der Waals surface area contributed by atoms with Crippen LogP contribution in [0.15, 0.2) is 58.5 Å². The van der Waals surface area contributed by atoms with Crippen molar-refractivity contribution < 1.29 is 13.2 Å². The van der Waals surface area contributed by atoms with E-state index >= 15 is 0 Å². The van der Waals surface area contributed by atoms with Crippen molar-refractivity contribution in [2.75, 3.05) is 19.0 Å². The van der Waals surface area contributed by atoms with Gasteiger partial charge in [0.05, 0.1) is 9.79 Å². The van der Waals surface area contributed by atoms with E-state index in [0.717, 1.165) is 18.5 Å². The van der Waals surface area contributed by atoms with E-state index in [0.29, 0.717) is 18.1 Å². The highest BCUT2D eigenvalue weighted by molar-refractivity contribution is 7.91. The first-order chi connectivity index (χ1) is 18.8. The van der Waals surface area contributed by atoms with Crippen LogP contribution in [0.3, 0.4) is 0 Å². The van der Waals surface area contributed by atoms with E-state index in [2.05, 4.69) is 20.6 Å². The smallest absolute Gasteiger partial charge is 0.267 e. The van der Waals surface area contributed by atoms with Crippen LogP contribution < -0.4 is 15.5 Å². The Morgan fingerprint density at radius 2 is 1.64 bits per heavy atom. The molecule has 8 nitrogen and oxygen atoms in total. The number of rotatable bonds is 6. The van der Waals surface area contributed by atoms with Gasteiger partial charge in [-0.1, -0.05) is 50.7 Å². The summed E-state index contributed by atoms with van der Waals surface area (Å²) in [6.45, 7) is 1.10. The second-order valence-corrected chi connectivity index (χ2v) is 13.1. The molecule has 2 aromatic heterocycles. The first-order valence-corrected chi connectivity index (χ1v) is 15.5. The van der Waals surface area contributed by atoms with Gasteiger partial charge in [-0.15, -0.1) is 0 Å². The number of amides is 1. The topological polar surface area (TPSA) is 107 Å². The van der Waals surface area contributed by atoms with Crippen molar-refractivity contribution in [3.05, 3.63) is 71.2 Å². The lowest BCUT2D eigenvalue weighted by Gasteiger charge is -2.38. The number of nitrogens with zero attached hydrogens (tertiary/aromatic N) is 2. The maximum absolute atomic E-state index is 13.0. The Morgan fingerprint density at radius 3 is 2.28 bits per heavy atom. The molecular formula is C30H39N5O3S. The third kappa shape index (κ3) is 6.20. The van der Waals surface area contributed by atoms with E-state index in [1.165, 1.54) is 68.8 Å². The highest BCUT2D eigenvalue weighted by atomic mass is 32.2. The number of hydrogen-bond acceptors (Lipinski definition) is 6. The van der Waals surface area contributed by atoms with Crippen LogP contribution in [-0.4, -0.2) is 43.9 Å². The fraction of sp³-hybridized carbons (Fsp3) is 0.467. The average molecular weight is 550 g/mol. The molecule has 1 amide bonds. The van der Waals surface area contributed by atoms with Crippen LogP contribution in [0.4, 0.5) is 5.82 Å². The summed E-state index contributed by atoms with van der Waals surface area (Å²) in [5.74, 6) is 0.533. The summed E-state index contributed by atoms with van der Waals surface area (Å²) in [5, 5.41) is 6.80. The molecule has 208 valence electrons. The van der Waals surface area contributed by atoms with E-state index in [9.17, 15) is 13.2 Å². The van der Waals surface area contributed by atoms with Crippen LogP contribution in [0.5, 0.6) is 0 Å². The summed E-state index contributed by atoms with van der Waals surface area (Å²) in [7, 11) is 0.0319. The molecule has 0 bridgehead atoms. The molecule has 0 radical (unpaired) electrons. The number of carbonyl (C=O) groups excluding carboxylic acids is 1. The third-order valence-corrected chi connectivity index (χ3v) is 9.90. The monoisotopic (exact) mass is 549 g/mol. The Labute approximate surface area is 231 Å². The summed E-state index contributed by atoms with van der Waals surface area (Å²) in [6, 6.07) is 11.8. The van der Waals surface area contributed by atoms with Gasteiger partial charge in [-0.2, -0.15) is 0 Å². The van der Waals surface area contributed by atoms with E-state index in [4.69, 9.17) is 0 Å². The van der Waals surface area contributed by atoms with Gasteiger partial charge in [-0.05, 0) is 54.3 Å². The molecule has 5 rings (SSSR count). The summed E-state index contributed by atoms with van der Waals surface area (Å²) < 4.78 is 26.0. The lowest BCUT2D eigenvalue weighted by atomic mass is 9.80. The number of nitrogens with one attached hydrogen (secondary N) is 3. The zero-order valence-corrected chi connectivity index (χ0v) is 23.7. The molecule has 39 heavy (non-hydrogen) atoms. The largest absolute Gasteiger partial charge is 0.363 e. The number of fused-ring (bicyclic) bond motifs is 1. The molecular weight excluding hydrogens is 510 g/mol. The molecule has 3 aromatic rings. The predicted molar refractivity (Wildman–Crippen MR) is 153 cm³/mol. The van der Waals surface area contributed by atoms with Crippen molar-refractivity contribution in [3.8, 4) is 0 Å². The zero-order valence-electron chi connectivity index (χ0n) is 22.9. The number of aromatic amines is 1. The van der Waals surface area contributed by atoms with Gasteiger partial charge in [0.2, 0.25) is 9.84 Å². The van der Waals surface area contributed by atoms with Crippen molar-refractivity contribution in [1.82, 2.24) is 20.6 Å². The van der Waals surface area contributed by atoms with Crippen LogP contribution in [0, 0.1) is 0 Å². The highest BCUT2D eigenvalue weighted by Crippen LogP contribution is 2.33. The second-order valence-electron chi connectivity index (χ2n) is 11.2. The molecule has 2 aliphatic rings. The molecule has 1 spiro atoms. The lowest BCUT2D eigenvalue weighted by Crippen LogP contribution is -2.49. The van der Waals surface area contributed by atoms with E-state index in [-0.39, 0.29) is 21.2 Å². The summed E-state index contributed by atoms with van der Waals surface area (Å²) in [4.78, 5) is 22.8. The minimum absolute atomic E-state index is 0.141. The van der Waals surface area contributed by atoms with E-state index in [1.54, 1.807) is 36.4 Å². The number of benzene rings is 1. The van der Waals surface area contributed by atoms with Gasteiger partial charge < -0.3 is 20.5 Å². The van der Waals surface area contributed by atoms with Crippen LogP contribution in [-0.2, 0) is 29.3 Å². The quantitative estimate of drug-likeness (QED) is 0.409. The number of sulfone groups is 1. The normalized spacial score (nSPS) is 17.5. The molecule has 9 heteroatoms. The maximum atomic E-state index is 13.0. The van der Waals surface area contributed by atoms with Crippen molar-refractivity contribution in [3.63, 3.8) is 0 Å². The molecule has 1 aliphatic carbocycles. The third-order valence-electron chi connectivity index (χ3n) is 8.14. The molecule has 1 fully saturated rings. The standard InChI is InChI=1S/C30H39N5O3S/c1-35(2)28-14-13-25(21-31-28)39(37,38)24-11-9-22(10-12-24)19-32-29(36)26-17-23-20-33-30(18-27(23)34-26)15-7-5-3-4-6-8-16-30/h9-14,17,21,33-34H,3-8,15-16,18-20H2,1-2H3,(H,32,36). The van der Waals surface area contributed by atoms with Crippen molar-refractivity contribution in [2.45, 2.75) is 86.2 Å². The second kappa shape index (κ2) is 11.5. The van der Waals surface area contributed by atoms with Crippen molar-refractivity contribution in [2.24, 2.45) is 0 Å². The van der Waals surface area contributed by atoms with Crippen LogP contribution in [0.1, 0.15) is 78.7 Å². The van der Waals surface area contributed by atoms with Gasteiger partial charge in [0.25, 0.3) is 5.91 Å². The molecule has 1 aromatic carbocycles. The fourth-order valence-electron chi connectivity index (χ4n) is 5.77. The number of H-pyrrole nitrogens is 1. The SMILES string of the molecule is CN(C)c1ccc(S(=O)(=O)c2ccc(CNC(=O)c3cc4c([nH]3)CC3(CCCCCCCC3)NC4)cc2)cn1. The van der Waals surface area contributed by atoms with Gasteiger partial charge in [-0.25, -0.2) is 13.4 Å². The zero-order chi connectivity index (χ0) is 27.5. The van der Waals surface area contributed by atoms with E-state index in [1.807, 2.05) is 25.1 Å². The van der Waals surface area contributed by atoms with Gasteiger partial charge in [-0.3, -0.25) is 4.79 Å². The lowest BCUT2D eigenvalue weighted by molar-refractivity contribution is 0.0946. The minimum Gasteiger partial charge on any atom is -0.363 e. The maximum Gasteiger partial charge on any atom is 0.267 e. The van der Waals surface area contributed by atoms with Crippen LogP contribution in [0.2, 0.25) is 0 Å². The molecule has 3 heterocycles. The Morgan fingerprint density at radius 1 is 0.974 bits per heavy atom. The number of hydrogen-bond donors (Lipinski definition) is 3. The Bertz CT molecular complexity index is 1390. The Balaban J connectivity index is 1.20. The molecule has 0 saturated heterocycles. The summed E-state index contributed by atoms with van der Waals surface area (Å²) in [6.07, 6.45) is 12.5. The first-order valence-electron chi connectivity index (χ1n) is 14.0. The minimum atomic E-state index is -3.67. The summed E-state index contributed by atoms with van der Waals surface area (Å²) >= 11 is 0. The van der Waals surface area contributed by atoms with E-state index < -0.39 is 9.84 Å². The number of anilines is 1. The Kier molecular flexibility index (Phi) is 8.09. The van der Waals surface area contributed by atoms with Crippen molar-refractivity contribution >= 4 is 21.6 Å². The molecule has 0 atom stereocenters. The van der Waals surface area contributed by atoms with Gasteiger partial charge in [0.15, 0.2) is 0 Å². The Hall–Kier alpha value is -3.17. The molecule has 0 unspecified atom stereocenters.